The second kappa shape index (κ2) is 8.30. The molecule has 1 aromatic heterocycles. The third kappa shape index (κ3) is 4.82. The van der Waals surface area contributed by atoms with Gasteiger partial charge in [-0.2, -0.15) is 0 Å². The number of rotatable bonds is 9. The summed E-state index contributed by atoms with van der Waals surface area (Å²) in [6, 6.07) is 0. The molecule has 0 aliphatic heterocycles. The molecule has 20 heavy (non-hydrogen) atoms. The minimum Gasteiger partial charge on any atom is -0.382 e. The number of ether oxygens (including phenoxy) is 1. The molecular formula is C16H29N3O. The van der Waals surface area contributed by atoms with Crippen LogP contribution in [0.3, 0.4) is 0 Å². The lowest BCUT2D eigenvalue weighted by Gasteiger charge is -2.12. The van der Waals surface area contributed by atoms with Crippen LogP contribution in [0.25, 0.3) is 0 Å². The van der Waals surface area contributed by atoms with Crippen molar-refractivity contribution < 1.29 is 4.74 Å². The van der Waals surface area contributed by atoms with Gasteiger partial charge < -0.3 is 14.6 Å². The summed E-state index contributed by atoms with van der Waals surface area (Å²) < 4.78 is 7.64. The minimum atomic E-state index is 0.801. The zero-order valence-corrected chi connectivity index (χ0v) is 13.0. The van der Waals surface area contributed by atoms with Crippen LogP contribution in [0.2, 0.25) is 0 Å². The molecule has 1 N–H and O–H groups in total. The number of imidazole rings is 1. The molecule has 1 saturated carbocycles. The Labute approximate surface area is 122 Å². The van der Waals surface area contributed by atoms with Crippen molar-refractivity contribution in [2.75, 3.05) is 25.1 Å². The number of hydrogen-bond donors (Lipinski definition) is 1. The summed E-state index contributed by atoms with van der Waals surface area (Å²) in [7, 11) is 0. The fraction of sp³-hybridized carbons (Fsp3) is 0.812. The van der Waals surface area contributed by atoms with Gasteiger partial charge in [-0.1, -0.05) is 25.7 Å². The average Bonchev–Trinajstić information content (AvgIpc) is 3.06. The molecule has 0 unspecified atom stereocenters. The number of aryl methyl sites for hydroxylation is 2. The van der Waals surface area contributed by atoms with Gasteiger partial charge in [0, 0.05) is 32.5 Å². The fourth-order valence-electron chi connectivity index (χ4n) is 3.00. The molecule has 4 nitrogen and oxygen atoms in total. The van der Waals surface area contributed by atoms with E-state index in [2.05, 4.69) is 28.0 Å². The highest BCUT2D eigenvalue weighted by Crippen LogP contribution is 2.28. The zero-order valence-electron chi connectivity index (χ0n) is 13.0. The first-order chi connectivity index (χ1) is 9.79. The smallest absolute Gasteiger partial charge is 0.203 e. The van der Waals surface area contributed by atoms with Crippen LogP contribution < -0.4 is 5.32 Å². The Kier molecular flexibility index (Phi) is 6.37. The molecule has 0 amide bonds. The van der Waals surface area contributed by atoms with Gasteiger partial charge in [-0.05, 0) is 32.6 Å². The molecular weight excluding hydrogens is 250 g/mol. The lowest BCUT2D eigenvalue weighted by molar-refractivity contribution is 0.147. The van der Waals surface area contributed by atoms with E-state index in [0.717, 1.165) is 50.3 Å². The van der Waals surface area contributed by atoms with Crippen molar-refractivity contribution in [1.29, 1.82) is 0 Å². The van der Waals surface area contributed by atoms with Crippen molar-refractivity contribution in [3.63, 3.8) is 0 Å². The molecule has 2 rings (SSSR count). The summed E-state index contributed by atoms with van der Waals surface area (Å²) >= 11 is 0. The molecule has 114 valence electrons. The highest BCUT2D eigenvalue weighted by atomic mass is 16.5. The predicted molar refractivity (Wildman–Crippen MR) is 83.1 cm³/mol. The average molecular weight is 279 g/mol. The van der Waals surface area contributed by atoms with E-state index in [1.54, 1.807) is 0 Å². The van der Waals surface area contributed by atoms with Gasteiger partial charge in [-0.25, -0.2) is 4.98 Å². The third-order valence-electron chi connectivity index (χ3n) is 4.10. The summed E-state index contributed by atoms with van der Waals surface area (Å²) in [5.74, 6) is 1.96. The SMILES string of the molecule is CCOCCCNc1nc(C)cn1CCC1CCCC1. The molecule has 0 spiro atoms. The molecule has 0 radical (unpaired) electrons. The summed E-state index contributed by atoms with van der Waals surface area (Å²) in [5.41, 5.74) is 1.10. The van der Waals surface area contributed by atoms with Gasteiger partial charge in [0.25, 0.3) is 0 Å². The molecule has 0 bridgehead atoms. The lowest BCUT2D eigenvalue weighted by Crippen LogP contribution is -2.11. The lowest BCUT2D eigenvalue weighted by atomic mass is 10.0. The van der Waals surface area contributed by atoms with E-state index in [9.17, 15) is 0 Å². The highest BCUT2D eigenvalue weighted by Gasteiger charge is 2.15. The molecule has 1 fully saturated rings. The largest absolute Gasteiger partial charge is 0.382 e. The maximum atomic E-state index is 5.35. The molecule has 1 aromatic rings. The van der Waals surface area contributed by atoms with Crippen LogP contribution in [-0.2, 0) is 11.3 Å². The van der Waals surface area contributed by atoms with Gasteiger partial charge in [0.15, 0.2) is 0 Å². The maximum Gasteiger partial charge on any atom is 0.203 e. The van der Waals surface area contributed by atoms with Gasteiger partial charge in [0.1, 0.15) is 0 Å². The van der Waals surface area contributed by atoms with Gasteiger partial charge in [-0.15, -0.1) is 0 Å². The third-order valence-corrected chi connectivity index (χ3v) is 4.10. The molecule has 1 aliphatic rings. The van der Waals surface area contributed by atoms with Crippen LogP contribution in [0.5, 0.6) is 0 Å². The van der Waals surface area contributed by atoms with Crippen LogP contribution in [0, 0.1) is 12.8 Å². The Morgan fingerprint density at radius 3 is 2.95 bits per heavy atom. The van der Waals surface area contributed by atoms with Crippen LogP contribution in [0.1, 0.15) is 51.1 Å². The van der Waals surface area contributed by atoms with E-state index in [1.807, 2.05) is 6.92 Å². The van der Waals surface area contributed by atoms with Crippen molar-refractivity contribution in [2.45, 2.75) is 58.9 Å². The van der Waals surface area contributed by atoms with Crippen molar-refractivity contribution in [3.8, 4) is 0 Å². The van der Waals surface area contributed by atoms with Crippen molar-refractivity contribution in [2.24, 2.45) is 5.92 Å². The van der Waals surface area contributed by atoms with E-state index in [1.165, 1.54) is 32.1 Å². The van der Waals surface area contributed by atoms with E-state index >= 15 is 0 Å². The van der Waals surface area contributed by atoms with Gasteiger partial charge in [0.05, 0.1) is 5.69 Å². The quantitative estimate of drug-likeness (QED) is 0.702. The van der Waals surface area contributed by atoms with Crippen LogP contribution in [-0.4, -0.2) is 29.3 Å². The van der Waals surface area contributed by atoms with Crippen LogP contribution in [0.15, 0.2) is 6.20 Å². The second-order valence-electron chi connectivity index (χ2n) is 5.82. The van der Waals surface area contributed by atoms with E-state index in [4.69, 9.17) is 4.74 Å². The van der Waals surface area contributed by atoms with E-state index < -0.39 is 0 Å². The number of nitrogens with zero attached hydrogens (tertiary/aromatic N) is 2. The Bertz CT molecular complexity index is 383. The number of nitrogens with one attached hydrogen (secondary N) is 1. The normalized spacial score (nSPS) is 15.9. The van der Waals surface area contributed by atoms with E-state index in [-0.39, 0.29) is 0 Å². The minimum absolute atomic E-state index is 0.801. The van der Waals surface area contributed by atoms with Gasteiger partial charge in [0.2, 0.25) is 5.95 Å². The van der Waals surface area contributed by atoms with Crippen LogP contribution in [0.4, 0.5) is 5.95 Å². The fourth-order valence-corrected chi connectivity index (χ4v) is 3.00. The van der Waals surface area contributed by atoms with Crippen molar-refractivity contribution in [1.82, 2.24) is 9.55 Å². The Hall–Kier alpha value is -1.03. The van der Waals surface area contributed by atoms with E-state index in [0.29, 0.717) is 0 Å². The number of anilines is 1. The predicted octanol–water partition coefficient (Wildman–Crippen LogP) is 3.61. The highest BCUT2D eigenvalue weighted by molar-refractivity contribution is 5.28. The maximum absolute atomic E-state index is 5.35. The molecule has 4 heteroatoms. The van der Waals surface area contributed by atoms with Crippen molar-refractivity contribution in [3.05, 3.63) is 11.9 Å². The molecule has 1 heterocycles. The summed E-state index contributed by atoms with van der Waals surface area (Å²) in [5, 5.41) is 3.44. The first-order valence-electron chi connectivity index (χ1n) is 8.15. The molecule has 0 saturated heterocycles. The number of hydrogen-bond acceptors (Lipinski definition) is 3. The monoisotopic (exact) mass is 279 g/mol. The first kappa shape index (κ1) is 15.4. The van der Waals surface area contributed by atoms with Crippen LogP contribution >= 0.6 is 0 Å². The number of aromatic nitrogens is 2. The topological polar surface area (TPSA) is 39.1 Å². The summed E-state index contributed by atoms with van der Waals surface area (Å²) in [6.45, 7) is 7.75. The first-order valence-corrected chi connectivity index (χ1v) is 8.15. The molecule has 1 aliphatic carbocycles. The van der Waals surface area contributed by atoms with Gasteiger partial charge in [-0.3, -0.25) is 0 Å². The molecule has 0 aromatic carbocycles. The summed E-state index contributed by atoms with van der Waals surface area (Å²) in [4.78, 5) is 4.58. The van der Waals surface area contributed by atoms with Crippen molar-refractivity contribution >= 4 is 5.95 Å². The Morgan fingerprint density at radius 2 is 2.20 bits per heavy atom. The second-order valence-corrected chi connectivity index (χ2v) is 5.82. The van der Waals surface area contributed by atoms with Gasteiger partial charge >= 0.3 is 0 Å². The molecule has 0 atom stereocenters. The summed E-state index contributed by atoms with van der Waals surface area (Å²) in [6.07, 6.45) is 10.2. The Balaban J connectivity index is 1.76. The standard InChI is InChI=1S/C16H29N3O/c1-3-20-12-6-10-17-16-18-14(2)13-19(16)11-9-15-7-4-5-8-15/h13,15H,3-12H2,1-2H3,(H,17,18). The zero-order chi connectivity index (χ0) is 14.2. The Morgan fingerprint density at radius 1 is 1.40 bits per heavy atom.